The zero-order valence-electron chi connectivity index (χ0n) is 18.1. The fourth-order valence-electron chi connectivity index (χ4n) is 2.67. The van der Waals surface area contributed by atoms with E-state index in [1.165, 1.54) is 25.7 Å². The van der Waals surface area contributed by atoms with Gasteiger partial charge < -0.3 is 14.2 Å². The Morgan fingerprint density at radius 3 is 1.37 bits per heavy atom. The SMILES string of the molecule is CC(C)CCCCCC(=O)OCCOCCOC(=O)CCCCCC(C)C. The first-order valence-corrected chi connectivity index (χ1v) is 10.8. The van der Waals surface area contributed by atoms with Crippen LogP contribution in [0.5, 0.6) is 0 Å². The van der Waals surface area contributed by atoms with Gasteiger partial charge in [0, 0.05) is 12.8 Å². The monoisotopic (exact) mass is 386 g/mol. The van der Waals surface area contributed by atoms with Gasteiger partial charge in [0.15, 0.2) is 0 Å². The number of carbonyl (C=O) groups excluding carboxylic acids is 2. The van der Waals surface area contributed by atoms with Crippen molar-refractivity contribution in [1.82, 2.24) is 0 Å². The van der Waals surface area contributed by atoms with E-state index in [1.54, 1.807) is 0 Å². The van der Waals surface area contributed by atoms with Crippen molar-refractivity contribution >= 4 is 11.9 Å². The highest BCUT2D eigenvalue weighted by atomic mass is 16.6. The molecule has 0 N–H and O–H groups in total. The molecule has 0 heterocycles. The van der Waals surface area contributed by atoms with Gasteiger partial charge in [-0.2, -0.15) is 0 Å². The van der Waals surface area contributed by atoms with Gasteiger partial charge in [-0.3, -0.25) is 9.59 Å². The maximum Gasteiger partial charge on any atom is 0.305 e. The van der Waals surface area contributed by atoms with Crippen LogP contribution >= 0.6 is 0 Å². The van der Waals surface area contributed by atoms with E-state index in [1.807, 2.05) is 0 Å². The average Bonchev–Trinajstić information content (AvgIpc) is 2.59. The lowest BCUT2D eigenvalue weighted by molar-refractivity contribution is -0.146. The van der Waals surface area contributed by atoms with Gasteiger partial charge in [0.1, 0.15) is 13.2 Å². The van der Waals surface area contributed by atoms with Gasteiger partial charge in [-0.15, -0.1) is 0 Å². The molecule has 0 spiro atoms. The Hall–Kier alpha value is -1.10. The van der Waals surface area contributed by atoms with Gasteiger partial charge in [0.25, 0.3) is 0 Å². The van der Waals surface area contributed by atoms with Gasteiger partial charge in [0.05, 0.1) is 13.2 Å². The zero-order valence-corrected chi connectivity index (χ0v) is 18.1. The Morgan fingerprint density at radius 2 is 1.00 bits per heavy atom. The van der Waals surface area contributed by atoms with Crippen molar-refractivity contribution in [2.24, 2.45) is 11.8 Å². The molecule has 0 aromatic heterocycles. The molecule has 0 unspecified atom stereocenters. The third-order valence-corrected chi connectivity index (χ3v) is 4.31. The molecule has 0 saturated heterocycles. The summed E-state index contributed by atoms with van der Waals surface area (Å²) in [5, 5.41) is 0. The lowest BCUT2D eigenvalue weighted by Gasteiger charge is -2.08. The molecule has 0 bridgehead atoms. The zero-order chi connectivity index (χ0) is 20.3. The van der Waals surface area contributed by atoms with Crippen LogP contribution in [0, 0.1) is 11.8 Å². The van der Waals surface area contributed by atoms with Crippen LogP contribution in [0.1, 0.15) is 91.9 Å². The van der Waals surface area contributed by atoms with Crippen molar-refractivity contribution in [3.05, 3.63) is 0 Å². The molecule has 0 aliphatic heterocycles. The van der Waals surface area contributed by atoms with E-state index >= 15 is 0 Å². The first kappa shape index (κ1) is 25.9. The number of rotatable bonds is 18. The quantitative estimate of drug-likeness (QED) is 0.236. The summed E-state index contributed by atoms with van der Waals surface area (Å²) < 4.78 is 15.6. The second-order valence-electron chi connectivity index (χ2n) is 8.04. The van der Waals surface area contributed by atoms with Crippen molar-refractivity contribution < 1.29 is 23.8 Å². The Balaban J connectivity index is 3.31. The van der Waals surface area contributed by atoms with Crippen LogP contribution in [0.4, 0.5) is 0 Å². The molecular formula is C22H42O5. The summed E-state index contributed by atoms with van der Waals surface area (Å²) >= 11 is 0. The van der Waals surface area contributed by atoms with Gasteiger partial charge in [0.2, 0.25) is 0 Å². The molecule has 160 valence electrons. The molecule has 0 aliphatic rings. The summed E-state index contributed by atoms with van der Waals surface area (Å²) in [6, 6.07) is 0. The van der Waals surface area contributed by atoms with Crippen LogP contribution in [0.15, 0.2) is 0 Å². The van der Waals surface area contributed by atoms with Gasteiger partial charge >= 0.3 is 11.9 Å². The van der Waals surface area contributed by atoms with E-state index in [0.717, 1.165) is 37.5 Å². The maximum absolute atomic E-state index is 11.6. The van der Waals surface area contributed by atoms with E-state index in [9.17, 15) is 9.59 Å². The predicted molar refractivity (Wildman–Crippen MR) is 109 cm³/mol. The summed E-state index contributed by atoms with van der Waals surface area (Å²) in [5.41, 5.74) is 0. The highest BCUT2D eigenvalue weighted by Crippen LogP contribution is 2.10. The number of unbranched alkanes of at least 4 members (excludes halogenated alkanes) is 4. The first-order valence-electron chi connectivity index (χ1n) is 10.8. The van der Waals surface area contributed by atoms with E-state index in [-0.39, 0.29) is 25.2 Å². The third-order valence-electron chi connectivity index (χ3n) is 4.31. The molecule has 27 heavy (non-hydrogen) atoms. The van der Waals surface area contributed by atoms with Crippen LogP contribution in [0.2, 0.25) is 0 Å². The number of carbonyl (C=O) groups is 2. The molecule has 0 aromatic carbocycles. The Labute approximate surface area is 166 Å². The molecule has 0 radical (unpaired) electrons. The fraction of sp³-hybridized carbons (Fsp3) is 0.909. The van der Waals surface area contributed by atoms with Gasteiger partial charge in [-0.1, -0.05) is 66.2 Å². The smallest absolute Gasteiger partial charge is 0.305 e. The largest absolute Gasteiger partial charge is 0.463 e. The highest BCUT2D eigenvalue weighted by molar-refractivity contribution is 5.69. The van der Waals surface area contributed by atoms with Crippen molar-refractivity contribution in [2.75, 3.05) is 26.4 Å². The Morgan fingerprint density at radius 1 is 0.593 bits per heavy atom. The lowest BCUT2D eigenvalue weighted by Crippen LogP contribution is -2.14. The van der Waals surface area contributed by atoms with E-state index < -0.39 is 0 Å². The fourth-order valence-corrected chi connectivity index (χ4v) is 2.67. The Bertz CT molecular complexity index is 332. The third kappa shape index (κ3) is 21.1. The van der Waals surface area contributed by atoms with Crippen LogP contribution < -0.4 is 0 Å². The summed E-state index contributed by atoms with van der Waals surface area (Å²) in [6.45, 7) is 10.0. The van der Waals surface area contributed by atoms with Crippen LogP contribution in [0.3, 0.4) is 0 Å². The summed E-state index contributed by atoms with van der Waals surface area (Å²) in [7, 11) is 0. The van der Waals surface area contributed by atoms with Crippen LogP contribution in [-0.2, 0) is 23.8 Å². The average molecular weight is 387 g/mol. The molecule has 0 fully saturated rings. The number of esters is 2. The molecule has 5 heteroatoms. The Kier molecular flexibility index (Phi) is 17.5. The van der Waals surface area contributed by atoms with Gasteiger partial charge in [-0.25, -0.2) is 0 Å². The summed E-state index contributed by atoms with van der Waals surface area (Å²) in [6.07, 6.45) is 9.66. The molecule has 0 amide bonds. The predicted octanol–water partition coefficient (Wildman–Crippen LogP) is 5.30. The normalized spacial score (nSPS) is 11.2. The molecule has 0 aromatic rings. The second-order valence-corrected chi connectivity index (χ2v) is 8.04. The second kappa shape index (κ2) is 18.3. The molecule has 0 saturated carbocycles. The molecule has 0 aliphatic carbocycles. The molecule has 0 rings (SSSR count). The minimum absolute atomic E-state index is 0.160. The minimum atomic E-state index is -0.160. The van der Waals surface area contributed by atoms with Crippen molar-refractivity contribution in [3.63, 3.8) is 0 Å². The van der Waals surface area contributed by atoms with Crippen LogP contribution in [-0.4, -0.2) is 38.4 Å². The van der Waals surface area contributed by atoms with Crippen LogP contribution in [0.25, 0.3) is 0 Å². The van der Waals surface area contributed by atoms with E-state index in [0.29, 0.717) is 26.1 Å². The topological polar surface area (TPSA) is 61.8 Å². The molecule has 0 atom stereocenters. The lowest BCUT2D eigenvalue weighted by atomic mass is 10.0. The maximum atomic E-state index is 11.6. The summed E-state index contributed by atoms with van der Waals surface area (Å²) in [4.78, 5) is 23.1. The first-order chi connectivity index (χ1) is 12.9. The summed E-state index contributed by atoms with van der Waals surface area (Å²) in [5.74, 6) is 1.13. The van der Waals surface area contributed by atoms with E-state index in [4.69, 9.17) is 14.2 Å². The van der Waals surface area contributed by atoms with E-state index in [2.05, 4.69) is 27.7 Å². The molecule has 5 nitrogen and oxygen atoms in total. The minimum Gasteiger partial charge on any atom is -0.463 e. The number of hydrogen-bond donors (Lipinski definition) is 0. The van der Waals surface area contributed by atoms with Crippen molar-refractivity contribution in [2.45, 2.75) is 91.9 Å². The molecular weight excluding hydrogens is 344 g/mol. The number of hydrogen-bond acceptors (Lipinski definition) is 5. The number of ether oxygens (including phenoxy) is 3. The van der Waals surface area contributed by atoms with Gasteiger partial charge in [-0.05, 0) is 24.7 Å². The van der Waals surface area contributed by atoms with Crippen molar-refractivity contribution in [3.8, 4) is 0 Å². The highest BCUT2D eigenvalue weighted by Gasteiger charge is 2.05. The van der Waals surface area contributed by atoms with Crippen molar-refractivity contribution in [1.29, 1.82) is 0 Å². The standard InChI is InChI=1S/C22H42O5/c1-19(2)11-7-5-9-13-21(23)26-17-15-25-16-18-27-22(24)14-10-6-8-12-20(3)4/h19-20H,5-18H2,1-4H3.